The fourth-order valence-corrected chi connectivity index (χ4v) is 2.14. The molecular formula is C15H18N2O3. The molecule has 2 N–H and O–H groups in total. The quantitative estimate of drug-likeness (QED) is 0.876. The predicted octanol–water partition coefficient (Wildman–Crippen LogP) is 1.65. The minimum Gasteiger partial charge on any atom is -0.478 e. The number of hydrogen-bond donors (Lipinski definition) is 2. The van der Waals surface area contributed by atoms with E-state index < -0.39 is 5.97 Å². The maximum Gasteiger partial charge on any atom is 0.332 e. The average molecular weight is 274 g/mol. The van der Waals surface area contributed by atoms with E-state index in [0.717, 1.165) is 11.3 Å². The van der Waals surface area contributed by atoms with Crippen molar-refractivity contribution in [1.29, 1.82) is 0 Å². The van der Waals surface area contributed by atoms with Gasteiger partial charge in [-0.05, 0) is 25.5 Å². The summed E-state index contributed by atoms with van der Waals surface area (Å²) in [6, 6.07) is 7.57. The van der Waals surface area contributed by atoms with Crippen LogP contribution in [0.3, 0.4) is 0 Å². The van der Waals surface area contributed by atoms with Crippen LogP contribution in [-0.2, 0) is 9.59 Å². The van der Waals surface area contributed by atoms with Crippen LogP contribution < -0.4 is 5.32 Å². The molecule has 0 bridgehead atoms. The number of carboxylic acids is 1. The van der Waals surface area contributed by atoms with E-state index in [2.05, 4.69) is 5.32 Å². The van der Waals surface area contributed by atoms with Crippen molar-refractivity contribution in [1.82, 2.24) is 4.90 Å². The summed E-state index contributed by atoms with van der Waals surface area (Å²) in [7, 11) is 0. The second-order valence-electron chi connectivity index (χ2n) is 4.95. The van der Waals surface area contributed by atoms with Crippen molar-refractivity contribution in [3.05, 3.63) is 41.5 Å². The van der Waals surface area contributed by atoms with E-state index in [1.165, 1.54) is 0 Å². The standard InChI is InChI=1S/C15H18N2O3/c1-11-4-6-13(7-5-11)16-14(18)10-17-8-2-3-12(9-17)15(19)20/h3-7H,2,8-10H2,1H3,(H,16,18)(H,19,20). The summed E-state index contributed by atoms with van der Waals surface area (Å²) in [6.45, 7) is 3.21. The lowest BCUT2D eigenvalue weighted by atomic mass is 10.1. The molecule has 0 fully saturated rings. The van der Waals surface area contributed by atoms with Crippen LogP contribution in [0.25, 0.3) is 0 Å². The van der Waals surface area contributed by atoms with Gasteiger partial charge >= 0.3 is 5.97 Å². The number of nitrogens with one attached hydrogen (secondary N) is 1. The summed E-state index contributed by atoms with van der Waals surface area (Å²) in [5, 5.41) is 11.8. The summed E-state index contributed by atoms with van der Waals surface area (Å²) < 4.78 is 0. The highest BCUT2D eigenvalue weighted by Crippen LogP contribution is 2.11. The molecule has 0 unspecified atom stereocenters. The molecule has 0 aromatic heterocycles. The molecule has 1 amide bonds. The fraction of sp³-hybridized carbons (Fsp3) is 0.333. The Bertz CT molecular complexity index is 535. The Morgan fingerprint density at radius 1 is 1.30 bits per heavy atom. The van der Waals surface area contributed by atoms with Gasteiger partial charge in [-0.3, -0.25) is 9.69 Å². The normalized spacial score (nSPS) is 15.6. The lowest BCUT2D eigenvalue weighted by Crippen LogP contribution is -2.38. The number of benzene rings is 1. The summed E-state index contributed by atoms with van der Waals surface area (Å²) >= 11 is 0. The van der Waals surface area contributed by atoms with Crippen LogP contribution in [0.2, 0.25) is 0 Å². The van der Waals surface area contributed by atoms with E-state index in [4.69, 9.17) is 5.11 Å². The van der Waals surface area contributed by atoms with Crippen molar-refractivity contribution in [2.75, 3.05) is 25.0 Å². The number of amides is 1. The van der Waals surface area contributed by atoms with Gasteiger partial charge < -0.3 is 10.4 Å². The zero-order valence-electron chi connectivity index (χ0n) is 11.4. The van der Waals surface area contributed by atoms with Crippen molar-refractivity contribution < 1.29 is 14.7 Å². The molecule has 106 valence electrons. The number of aryl methyl sites for hydroxylation is 1. The number of carbonyl (C=O) groups is 2. The molecule has 0 spiro atoms. The van der Waals surface area contributed by atoms with E-state index >= 15 is 0 Å². The molecule has 0 saturated carbocycles. The number of aliphatic carboxylic acids is 1. The average Bonchev–Trinajstić information content (AvgIpc) is 2.41. The van der Waals surface area contributed by atoms with Gasteiger partial charge in [-0.25, -0.2) is 4.79 Å². The van der Waals surface area contributed by atoms with Gasteiger partial charge in [-0.1, -0.05) is 23.8 Å². The smallest absolute Gasteiger partial charge is 0.332 e. The first-order chi connectivity index (χ1) is 9.54. The van der Waals surface area contributed by atoms with Crippen LogP contribution in [0.15, 0.2) is 35.9 Å². The van der Waals surface area contributed by atoms with Gasteiger partial charge in [0.05, 0.1) is 6.54 Å². The SMILES string of the molecule is Cc1ccc(NC(=O)CN2CCC=C(C(=O)O)C2)cc1. The monoisotopic (exact) mass is 274 g/mol. The van der Waals surface area contributed by atoms with Crippen molar-refractivity contribution in [2.45, 2.75) is 13.3 Å². The molecule has 0 atom stereocenters. The molecule has 1 heterocycles. The van der Waals surface area contributed by atoms with Gasteiger partial charge in [0.1, 0.15) is 0 Å². The maximum absolute atomic E-state index is 11.9. The predicted molar refractivity (Wildman–Crippen MR) is 76.6 cm³/mol. The molecule has 20 heavy (non-hydrogen) atoms. The molecule has 5 heteroatoms. The van der Waals surface area contributed by atoms with Gasteiger partial charge in [-0.2, -0.15) is 0 Å². The van der Waals surface area contributed by atoms with Gasteiger partial charge in [0.15, 0.2) is 0 Å². The molecule has 1 aromatic carbocycles. The van der Waals surface area contributed by atoms with Crippen LogP contribution in [0.4, 0.5) is 5.69 Å². The van der Waals surface area contributed by atoms with Gasteiger partial charge in [0, 0.05) is 24.4 Å². The third-order valence-corrected chi connectivity index (χ3v) is 3.21. The Morgan fingerprint density at radius 2 is 2.00 bits per heavy atom. The van der Waals surface area contributed by atoms with Gasteiger partial charge in [0.25, 0.3) is 0 Å². The number of carbonyl (C=O) groups excluding carboxylic acids is 1. The summed E-state index contributed by atoms with van der Waals surface area (Å²) in [5.74, 6) is -1.03. The number of anilines is 1. The van der Waals surface area contributed by atoms with E-state index in [0.29, 0.717) is 25.1 Å². The lowest BCUT2D eigenvalue weighted by molar-refractivity contribution is -0.133. The molecule has 0 radical (unpaired) electrons. The first kappa shape index (κ1) is 14.3. The van der Waals surface area contributed by atoms with Gasteiger partial charge in [0.2, 0.25) is 5.91 Å². The third kappa shape index (κ3) is 3.93. The van der Waals surface area contributed by atoms with E-state index in [1.807, 2.05) is 36.1 Å². The van der Waals surface area contributed by atoms with Crippen LogP contribution in [-0.4, -0.2) is 41.5 Å². The molecule has 2 rings (SSSR count). The molecule has 1 aliphatic rings. The molecular weight excluding hydrogens is 256 g/mol. The van der Waals surface area contributed by atoms with E-state index in [-0.39, 0.29) is 12.5 Å². The Kier molecular flexibility index (Phi) is 4.53. The fourth-order valence-electron chi connectivity index (χ4n) is 2.14. The minimum atomic E-state index is -0.909. The second kappa shape index (κ2) is 6.34. The number of nitrogens with zero attached hydrogens (tertiary/aromatic N) is 1. The topological polar surface area (TPSA) is 69.6 Å². The second-order valence-corrected chi connectivity index (χ2v) is 4.95. The van der Waals surface area contributed by atoms with Crippen LogP contribution in [0, 0.1) is 6.92 Å². The maximum atomic E-state index is 11.9. The largest absolute Gasteiger partial charge is 0.478 e. The van der Waals surface area contributed by atoms with Crippen LogP contribution in [0.1, 0.15) is 12.0 Å². The molecule has 1 aromatic rings. The Balaban J connectivity index is 1.87. The molecule has 0 aliphatic carbocycles. The lowest BCUT2D eigenvalue weighted by Gasteiger charge is -2.24. The van der Waals surface area contributed by atoms with Crippen LogP contribution in [0.5, 0.6) is 0 Å². The minimum absolute atomic E-state index is 0.125. The van der Waals surface area contributed by atoms with Crippen molar-refractivity contribution in [3.63, 3.8) is 0 Å². The first-order valence-corrected chi connectivity index (χ1v) is 6.56. The Labute approximate surface area is 117 Å². The highest BCUT2D eigenvalue weighted by molar-refractivity contribution is 5.92. The van der Waals surface area contributed by atoms with Crippen molar-refractivity contribution in [3.8, 4) is 0 Å². The van der Waals surface area contributed by atoms with E-state index in [9.17, 15) is 9.59 Å². The van der Waals surface area contributed by atoms with Crippen molar-refractivity contribution >= 4 is 17.6 Å². The summed E-state index contributed by atoms with van der Waals surface area (Å²) in [4.78, 5) is 24.7. The van der Waals surface area contributed by atoms with Crippen LogP contribution >= 0.6 is 0 Å². The number of carboxylic acid groups (broad SMARTS) is 1. The molecule has 5 nitrogen and oxygen atoms in total. The third-order valence-electron chi connectivity index (χ3n) is 3.21. The number of rotatable bonds is 4. The van der Waals surface area contributed by atoms with Gasteiger partial charge in [-0.15, -0.1) is 0 Å². The number of hydrogen-bond acceptors (Lipinski definition) is 3. The highest BCUT2D eigenvalue weighted by Gasteiger charge is 2.19. The van der Waals surface area contributed by atoms with Crippen molar-refractivity contribution in [2.24, 2.45) is 0 Å². The summed E-state index contributed by atoms with van der Waals surface area (Å²) in [5.41, 5.74) is 2.25. The zero-order valence-corrected chi connectivity index (χ0v) is 11.4. The molecule has 1 aliphatic heterocycles. The highest BCUT2D eigenvalue weighted by atomic mass is 16.4. The Hall–Kier alpha value is -2.14. The summed E-state index contributed by atoms with van der Waals surface area (Å²) in [6.07, 6.45) is 2.39. The zero-order chi connectivity index (χ0) is 14.5. The van der Waals surface area contributed by atoms with E-state index in [1.54, 1.807) is 6.08 Å². The Morgan fingerprint density at radius 3 is 2.65 bits per heavy atom. The first-order valence-electron chi connectivity index (χ1n) is 6.56. The molecule has 0 saturated heterocycles.